The second-order valence-electron chi connectivity index (χ2n) is 11.7. The molecular weight excluding hydrogens is 873 g/mol. The predicted molar refractivity (Wildman–Crippen MR) is 228 cm³/mol. The molecule has 6 aromatic carbocycles. The molecule has 6 rings (SSSR count). The molecule has 0 saturated heterocycles. The summed E-state index contributed by atoms with van der Waals surface area (Å²) in [6.07, 6.45) is 20.4. The van der Waals surface area contributed by atoms with Crippen LogP contribution in [0.2, 0.25) is 0 Å². The Morgan fingerprint density at radius 2 is 0.357 bits per heavy atom. The zero-order chi connectivity index (χ0) is 37.9. The summed E-state index contributed by atoms with van der Waals surface area (Å²) >= 11 is 0. The predicted octanol–water partition coefficient (Wildman–Crippen LogP) is 11.9. The molecule has 0 saturated carbocycles. The first-order valence-electron chi connectivity index (χ1n) is 17.5. The van der Waals surface area contributed by atoms with Crippen LogP contribution in [-0.2, 0) is 55.2 Å². The number of hydrogen-bond donors (Lipinski definition) is 0. The van der Waals surface area contributed by atoms with Crippen LogP contribution in [0.1, 0.15) is 33.4 Å². The molecule has 0 atom stereocenters. The van der Waals surface area contributed by atoms with Gasteiger partial charge < -0.3 is 0 Å². The molecule has 0 aliphatic rings. The fraction of sp³-hybridized carbons (Fsp3) is 0. The van der Waals surface area contributed by atoms with Crippen LogP contribution in [0.25, 0.3) is 36.5 Å². The SMILES string of the molecule is O=C(/C=C\c1ccccc1)/C=C/c1ccccc1.O=C(/C=C\c1ccccc1)/C=C\c1ccccc1.O=C(/C=C\c1ccccc1)/C=C\c1ccccc1.[Pd].[Pd]. The summed E-state index contributed by atoms with van der Waals surface area (Å²) in [6, 6.07) is 58.7. The van der Waals surface area contributed by atoms with Crippen LogP contribution in [0.15, 0.2) is 218 Å². The van der Waals surface area contributed by atoms with Gasteiger partial charge in [0.1, 0.15) is 0 Å². The molecule has 0 aliphatic carbocycles. The van der Waals surface area contributed by atoms with Crippen LogP contribution < -0.4 is 0 Å². The third-order valence-electron chi connectivity index (χ3n) is 7.44. The molecule has 0 radical (unpaired) electrons. The van der Waals surface area contributed by atoms with Gasteiger partial charge in [-0.25, -0.2) is 0 Å². The number of benzene rings is 6. The first kappa shape index (κ1) is 46.2. The zero-order valence-corrected chi connectivity index (χ0v) is 33.7. The van der Waals surface area contributed by atoms with E-state index in [-0.39, 0.29) is 58.2 Å². The van der Waals surface area contributed by atoms with E-state index in [1.54, 1.807) is 36.5 Å². The van der Waals surface area contributed by atoms with Crippen molar-refractivity contribution < 1.29 is 55.2 Å². The Hall–Kier alpha value is -5.91. The molecule has 0 fully saturated rings. The molecule has 0 bridgehead atoms. The standard InChI is InChI=1S/3C17H14O.2Pd/c3*18-17(13-11-15-7-3-1-4-8-15)14-12-16-9-5-2-6-10-16;;/h3*1-14H;;/b13-11-,14-12+;2*13-11-,14-12-;;. The fourth-order valence-electron chi connectivity index (χ4n) is 4.62. The van der Waals surface area contributed by atoms with Crippen molar-refractivity contribution in [3.63, 3.8) is 0 Å². The third-order valence-corrected chi connectivity index (χ3v) is 7.44. The zero-order valence-electron chi connectivity index (χ0n) is 30.6. The Balaban J connectivity index is 0.000000285. The van der Waals surface area contributed by atoms with Gasteiger partial charge in [-0.1, -0.05) is 218 Å². The summed E-state index contributed by atoms with van der Waals surface area (Å²) in [4.78, 5) is 34.8. The molecule has 0 aliphatic heterocycles. The number of carbonyl (C=O) groups excluding carboxylic acids is 3. The molecule has 6 aromatic rings. The van der Waals surface area contributed by atoms with Gasteiger partial charge in [0.05, 0.1) is 0 Å². The maximum Gasteiger partial charge on any atom is 0.178 e. The van der Waals surface area contributed by atoms with Gasteiger partial charge in [0.25, 0.3) is 0 Å². The average Bonchev–Trinajstić information content (AvgIpc) is 3.24. The Bertz CT molecular complexity index is 1760. The van der Waals surface area contributed by atoms with E-state index in [2.05, 4.69) is 0 Å². The first-order valence-corrected chi connectivity index (χ1v) is 17.5. The van der Waals surface area contributed by atoms with Gasteiger partial charge in [0.2, 0.25) is 0 Å². The largest absolute Gasteiger partial charge is 0.290 e. The molecule has 56 heavy (non-hydrogen) atoms. The average molecular weight is 916 g/mol. The number of carbonyl (C=O) groups is 3. The van der Waals surface area contributed by atoms with Crippen molar-refractivity contribution >= 4 is 53.8 Å². The van der Waals surface area contributed by atoms with E-state index >= 15 is 0 Å². The van der Waals surface area contributed by atoms with Gasteiger partial charge in [0, 0.05) is 40.8 Å². The number of hydrogen-bond acceptors (Lipinski definition) is 3. The summed E-state index contributed by atoms with van der Waals surface area (Å²) in [5, 5.41) is 0. The quantitative estimate of drug-likeness (QED) is 0.0908. The van der Waals surface area contributed by atoms with Gasteiger partial charge in [0.15, 0.2) is 17.3 Å². The first-order chi connectivity index (χ1) is 26.5. The smallest absolute Gasteiger partial charge is 0.178 e. The Labute approximate surface area is 358 Å². The van der Waals surface area contributed by atoms with Gasteiger partial charge in [-0.15, -0.1) is 0 Å². The summed E-state index contributed by atoms with van der Waals surface area (Å²) in [6.45, 7) is 0. The summed E-state index contributed by atoms with van der Waals surface area (Å²) < 4.78 is 0. The Kier molecular flexibility index (Phi) is 23.6. The van der Waals surface area contributed by atoms with E-state index in [0.717, 1.165) is 33.4 Å². The van der Waals surface area contributed by atoms with Crippen molar-refractivity contribution in [2.45, 2.75) is 0 Å². The summed E-state index contributed by atoms with van der Waals surface area (Å²) in [7, 11) is 0. The number of allylic oxidation sites excluding steroid dienone is 6. The Morgan fingerprint density at radius 3 is 0.482 bits per heavy atom. The molecule has 0 heterocycles. The maximum absolute atomic E-state index is 11.6. The molecule has 3 nitrogen and oxygen atoms in total. The van der Waals surface area contributed by atoms with E-state index in [9.17, 15) is 14.4 Å². The van der Waals surface area contributed by atoms with Crippen LogP contribution in [-0.4, -0.2) is 17.3 Å². The minimum absolute atomic E-state index is 0. The van der Waals surface area contributed by atoms with Crippen LogP contribution in [0.4, 0.5) is 0 Å². The molecule has 0 aromatic heterocycles. The monoisotopic (exact) mass is 914 g/mol. The van der Waals surface area contributed by atoms with Crippen LogP contribution in [0.3, 0.4) is 0 Å². The van der Waals surface area contributed by atoms with Crippen molar-refractivity contribution in [1.29, 1.82) is 0 Å². The third kappa shape index (κ3) is 20.5. The van der Waals surface area contributed by atoms with E-state index in [1.807, 2.05) is 218 Å². The van der Waals surface area contributed by atoms with Gasteiger partial charge in [-0.2, -0.15) is 0 Å². The van der Waals surface area contributed by atoms with Crippen LogP contribution in [0, 0.1) is 0 Å². The molecule has 0 N–H and O–H groups in total. The number of ketones is 3. The second-order valence-corrected chi connectivity index (χ2v) is 11.7. The molecule has 5 heteroatoms. The van der Waals surface area contributed by atoms with Crippen molar-refractivity contribution in [3.05, 3.63) is 252 Å². The van der Waals surface area contributed by atoms with Crippen molar-refractivity contribution in [2.24, 2.45) is 0 Å². The van der Waals surface area contributed by atoms with Crippen LogP contribution >= 0.6 is 0 Å². The van der Waals surface area contributed by atoms with Crippen LogP contribution in [0.5, 0.6) is 0 Å². The fourth-order valence-corrected chi connectivity index (χ4v) is 4.62. The number of rotatable bonds is 12. The molecule has 284 valence electrons. The van der Waals surface area contributed by atoms with E-state index in [1.165, 1.54) is 0 Å². The molecule has 0 spiro atoms. The topological polar surface area (TPSA) is 51.2 Å². The maximum atomic E-state index is 11.6. The van der Waals surface area contributed by atoms with E-state index < -0.39 is 0 Å². The Morgan fingerprint density at radius 1 is 0.232 bits per heavy atom. The van der Waals surface area contributed by atoms with E-state index in [0.29, 0.717) is 0 Å². The van der Waals surface area contributed by atoms with Gasteiger partial charge in [-0.05, 0) is 69.8 Å². The van der Waals surface area contributed by atoms with Crippen molar-refractivity contribution in [2.75, 3.05) is 0 Å². The molecule has 0 unspecified atom stereocenters. The van der Waals surface area contributed by atoms with Gasteiger partial charge >= 0.3 is 0 Å². The van der Waals surface area contributed by atoms with Crippen molar-refractivity contribution in [1.82, 2.24) is 0 Å². The minimum Gasteiger partial charge on any atom is -0.290 e. The van der Waals surface area contributed by atoms with E-state index in [4.69, 9.17) is 0 Å². The molecule has 0 amide bonds. The van der Waals surface area contributed by atoms with Gasteiger partial charge in [-0.3, -0.25) is 14.4 Å². The second kappa shape index (κ2) is 28.5. The normalized spacial score (nSPS) is 10.7. The summed E-state index contributed by atoms with van der Waals surface area (Å²) in [5.74, 6) is -0.0341. The summed E-state index contributed by atoms with van der Waals surface area (Å²) in [5.41, 5.74) is 6.16. The molecular formula is C51H42O3Pd2. The minimum atomic E-state index is -0.0114. The van der Waals surface area contributed by atoms with Crippen molar-refractivity contribution in [3.8, 4) is 0 Å².